The van der Waals surface area contributed by atoms with Crippen LogP contribution in [0.25, 0.3) is 0 Å². The van der Waals surface area contributed by atoms with Gasteiger partial charge in [-0.05, 0) is 6.07 Å². The molecule has 3 nitrogen and oxygen atoms in total. The second-order valence-electron chi connectivity index (χ2n) is 5.01. The van der Waals surface area contributed by atoms with E-state index in [2.05, 4.69) is 5.32 Å². The average Bonchev–Trinajstić information content (AvgIpc) is 2.45. The first-order valence-corrected chi connectivity index (χ1v) is 6.75. The molecule has 0 aliphatic carbocycles. The number of benzene rings is 1. The van der Waals surface area contributed by atoms with Crippen molar-refractivity contribution in [2.45, 2.75) is 18.6 Å². The van der Waals surface area contributed by atoms with E-state index in [1.54, 1.807) is 4.90 Å². The third kappa shape index (κ3) is 5.00. The zero-order valence-electron chi connectivity index (χ0n) is 12.1. The van der Waals surface area contributed by atoms with Crippen molar-refractivity contribution in [3.63, 3.8) is 0 Å². The number of ether oxygens (including phenoxy) is 1. The van der Waals surface area contributed by atoms with Gasteiger partial charge in [-0.25, -0.2) is 4.39 Å². The SMILES string of the molecule is COc1cc(F)ccc1[C@H](CC(F)(F)F)N1CCNCC1.Cl. The number of methoxy groups -OCH3 is 1. The summed E-state index contributed by atoms with van der Waals surface area (Å²) in [6.45, 7) is 2.30. The van der Waals surface area contributed by atoms with Crippen molar-refractivity contribution in [1.29, 1.82) is 0 Å². The quantitative estimate of drug-likeness (QED) is 0.851. The van der Waals surface area contributed by atoms with Gasteiger partial charge in [-0.2, -0.15) is 13.2 Å². The van der Waals surface area contributed by atoms with E-state index < -0.39 is 24.5 Å². The second kappa shape index (κ2) is 7.99. The minimum Gasteiger partial charge on any atom is -0.496 e. The lowest BCUT2D eigenvalue weighted by molar-refractivity contribution is -0.148. The minimum atomic E-state index is -4.30. The Morgan fingerprint density at radius 3 is 2.45 bits per heavy atom. The van der Waals surface area contributed by atoms with Crippen LogP contribution in [-0.2, 0) is 0 Å². The van der Waals surface area contributed by atoms with Crippen molar-refractivity contribution in [2.75, 3.05) is 33.3 Å². The van der Waals surface area contributed by atoms with Gasteiger partial charge in [-0.15, -0.1) is 12.4 Å². The number of hydrogen-bond acceptors (Lipinski definition) is 3. The molecule has 22 heavy (non-hydrogen) atoms. The number of halogens is 5. The van der Waals surface area contributed by atoms with Gasteiger partial charge in [-0.3, -0.25) is 4.90 Å². The Kier molecular flexibility index (Phi) is 6.90. The summed E-state index contributed by atoms with van der Waals surface area (Å²) in [7, 11) is 1.33. The van der Waals surface area contributed by atoms with Crippen LogP contribution in [0.3, 0.4) is 0 Å². The lowest BCUT2D eigenvalue weighted by Crippen LogP contribution is -2.46. The first-order chi connectivity index (χ1) is 9.90. The Morgan fingerprint density at radius 1 is 1.27 bits per heavy atom. The lowest BCUT2D eigenvalue weighted by Gasteiger charge is -2.36. The molecule has 1 fully saturated rings. The molecule has 126 valence electrons. The highest BCUT2D eigenvalue weighted by atomic mass is 35.5. The molecule has 0 aromatic heterocycles. The summed E-state index contributed by atoms with van der Waals surface area (Å²) < 4.78 is 57.0. The lowest BCUT2D eigenvalue weighted by atomic mass is 9.99. The first-order valence-electron chi connectivity index (χ1n) is 6.75. The van der Waals surface area contributed by atoms with E-state index >= 15 is 0 Å². The number of alkyl halides is 3. The Hall–Kier alpha value is -1.05. The van der Waals surface area contributed by atoms with Gasteiger partial charge in [0.1, 0.15) is 11.6 Å². The Bertz CT molecular complexity index is 478. The normalized spacial score (nSPS) is 17.7. The number of rotatable bonds is 4. The van der Waals surface area contributed by atoms with Crippen LogP contribution >= 0.6 is 12.4 Å². The summed E-state index contributed by atoms with van der Waals surface area (Å²) in [6.07, 6.45) is -5.27. The standard InChI is InChI=1S/C14H18F4N2O.ClH/c1-21-13-8-10(15)2-3-11(13)12(9-14(16,17)18)20-6-4-19-5-7-20;/h2-3,8,12,19H,4-7,9H2,1H3;1H/t12-;/m0./s1. The van der Waals surface area contributed by atoms with E-state index in [9.17, 15) is 17.6 Å². The first kappa shape index (κ1) is 19.0. The molecule has 1 atom stereocenters. The van der Waals surface area contributed by atoms with Gasteiger partial charge in [0.15, 0.2) is 0 Å². The van der Waals surface area contributed by atoms with Crippen molar-refractivity contribution in [1.82, 2.24) is 10.2 Å². The highest BCUT2D eigenvalue weighted by molar-refractivity contribution is 5.85. The van der Waals surface area contributed by atoms with E-state index in [4.69, 9.17) is 4.74 Å². The van der Waals surface area contributed by atoms with Gasteiger partial charge < -0.3 is 10.1 Å². The van der Waals surface area contributed by atoms with Crippen molar-refractivity contribution in [2.24, 2.45) is 0 Å². The van der Waals surface area contributed by atoms with Crippen LogP contribution in [0.15, 0.2) is 18.2 Å². The molecule has 0 unspecified atom stereocenters. The summed E-state index contributed by atoms with van der Waals surface area (Å²) >= 11 is 0. The van der Waals surface area contributed by atoms with E-state index in [-0.39, 0.29) is 18.2 Å². The third-order valence-corrected chi connectivity index (χ3v) is 3.57. The van der Waals surface area contributed by atoms with Crippen LogP contribution in [0.4, 0.5) is 17.6 Å². The van der Waals surface area contributed by atoms with E-state index in [0.717, 1.165) is 6.07 Å². The van der Waals surface area contributed by atoms with Crippen LogP contribution in [0.1, 0.15) is 18.0 Å². The summed E-state index contributed by atoms with van der Waals surface area (Å²) in [4.78, 5) is 1.76. The maximum atomic E-state index is 13.3. The van der Waals surface area contributed by atoms with Crippen LogP contribution < -0.4 is 10.1 Å². The molecule has 0 bridgehead atoms. The average molecular weight is 343 g/mol. The summed E-state index contributed by atoms with van der Waals surface area (Å²) in [5, 5.41) is 3.11. The van der Waals surface area contributed by atoms with Crippen molar-refractivity contribution >= 4 is 12.4 Å². The number of hydrogen-bond donors (Lipinski definition) is 1. The fourth-order valence-corrected chi connectivity index (χ4v) is 2.61. The molecule has 1 aromatic carbocycles. The molecule has 2 rings (SSSR count). The molecule has 1 heterocycles. The van der Waals surface area contributed by atoms with Crippen molar-refractivity contribution in [3.8, 4) is 5.75 Å². The molecule has 8 heteroatoms. The van der Waals surface area contributed by atoms with Gasteiger partial charge >= 0.3 is 6.18 Å². The highest BCUT2D eigenvalue weighted by Crippen LogP contribution is 2.38. The molecule has 0 spiro atoms. The Balaban J connectivity index is 0.00000242. The summed E-state index contributed by atoms with van der Waals surface area (Å²) in [5.41, 5.74) is 0.373. The van der Waals surface area contributed by atoms with Gasteiger partial charge in [0.05, 0.1) is 13.5 Å². The van der Waals surface area contributed by atoms with Gasteiger partial charge in [-0.1, -0.05) is 6.07 Å². The molecular weight excluding hydrogens is 324 g/mol. The fraction of sp³-hybridized carbons (Fsp3) is 0.571. The van der Waals surface area contributed by atoms with Crippen LogP contribution in [0.2, 0.25) is 0 Å². The highest BCUT2D eigenvalue weighted by Gasteiger charge is 2.37. The topological polar surface area (TPSA) is 24.5 Å². The summed E-state index contributed by atoms with van der Waals surface area (Å²) in [6, 6.07) is 2.82. The van der Waals surface area contributed by atoms with E-state index in [1.165, 1.54) is 19.2 Å². The zero-order chi connectivity index (χ0) is 15.5. The van der Waals surface area contributed by atoms with Gasteiger partial charge in [0, 0.05) is 43.9 Å². The molecular formula is C14H19ClF4N2O. The van der Waals surface area contributed by atoms with Crippen LogP contribution in [-0.4, -0.2) is 44.4 Å². The fourth-order valence-electron chi connectivity index (χ4n) is 2.61. The number of nitrogens with one attached hydrogen (secondary N) is 1. The molecule has 1 aromatic rings. The number of piperazine rings is 1. The maximum absolute atomic E-state index is 13.3. The number of nitrogens with zero attached hydrogens (tertiary/aromatic N) is 1. The summed E-state index contributed by atoms with van der Waals surface area (Å²) in [5.74, 6) is -0.371. The minimum absolute atomic E-state index is 0. The smallest absolute Gasteiger partial charge is 0.390 e. The third-order valence-electron chi connectivity index (χ3n) is 3.57. The predicted molar refractivity (Wildman–Crippen MR) is 78.1 cm³/mol. The van der Waals surface area contributed by atoms with Gasteiger partial charge in [0.25, 0.3) is 0 Å². The Morgan fingerprint density at radius 2 is 1.91 bits per heavy atom. The Labute approximate surface area is 133 Å². The molecule has 1 aliphatic heterocycles. The monoisotopic (exact) mass is 342 g/mol. The zero-order valence-corrected chi connectivity index (χ0v) is 12.9. The molecule has 0 saturated carbocycles. The molecule has 1 N–H and O–H groups in total. The molecule has 1 aliphatic rings. The largest absolute Gasteiger partial charge is 0.496 e. The molecule has 0 amide bonds. The van der Waals surface area contributed by atoms with E-state index in [1.807, 2.05) is 0 Å². The maximum Gasteiger partial charge on any atom is 0.390 e. The van der Waals surface area contributed by atoms with Crippen LogP contribution in [0, 0.1) is 5.82 Å². The van der Waals surface area contributed by atoms with Crippen molar-refractivity contribution < 1.29 is 22.3 Å². The van der Waals surface area contributed by atoms with Crippen LogP contribution in [0.5, 0.6) is 5.75 Å². The second-order valence-corrected chi connectivity index (χ2v) is 5.01. The van der Waals surface area contributed by atoms with Gasteiger partial charge in [0.2, 0.25) is 0 Å². The molecule has 0 radical (unpaired) electrons. The predicted octanol–water partition coefficient (Wildman–Crippen LogP) is 3.15. The molecule has 1 saturated heterocycles. The van der Waals surface area contributed by atoms with E-state index in [0.29, 0.717) is 31.7 Å². The van der Waals surface area contributed by atoms with Crippen molar-refractivity contribution in [3.05, 3.63) is 29.6 Å².